The number of aromatic nitrogens is 2. The molecule has 0 saturated carbocycles. The number of para-hydroxylation sites is 2. The predicted octanol–water partition coefficient (Wildman–Crippen LogP) is 4.78. The van der Waals surface area contributed by atoms with Crippen molar-refractivity contribution >= 4 is 28.6 Å². The zero-order valence-corrected chi connectivity index (χ0v) is 18.5. The molecule has 0 aliphatic heterocycles. The van der Waals surface area contributed by atoms with Gasteiger partial charge >= 0.3 is 5.97 Å². The Morgan fingerprint density at radius 2 is 1.76 bits per heavy atom. The standard InChI is InChI=1S/C25H24FN3O4/c1-16(2)33-25(31)22-14-21-20(12-13-28(21)18-10-8-17(26)9-11-18)29(22)15-24(30)27-19-6-4-5-7-23(19)32-3/h4-14,16H,15H2,1-3H3,(H,27,30). The molecule has 2 heterocycles. The molecular formula is C25H24FN3O4. The first-order valence-corrected chi connectivity index (χ1v) is 10.5. The average Bonchev–Trinajstić information content (AvgIpc) is 3.34. The SMILES string of the molecule is COc1ccccc1NC(=O)Cn1c(C(=O)OC(C)C)cc2c1ccn2-c1ccc(F)cc1. The molecule has 0 aliphatic rings. The highest BCUT2D eigenvalue weighted by Crippen LogP contribution is 2.27. The second kappa shape index (κ2) is 9.20. The van der Waals surface area contributed by atoms with Gasteiger partial charge in [-0.05, 0) is 62.4 Å². The maximum atomic E-state index is 13.4. The predicted molar refractivity (Wildman–Crippen MR) is 123 cm³/mol. The Morgan fingerprint density at radius 3 is 2.45 bits per heavy atom. The molecule has 4 aromatic rings. The van der Waals surface area contributed by atoms with E-state index in [0.29, 0.717) is 22.5 Å². The molecule has 2 aromatic carbocycles. The summed E-state index contributed by atoms with van der Waals surface area (Å²) in [5.41, 5.74) is 2.88. The van der Waals surface area contributed by atoms with Gasteiger partial charge in [-0.15, -0.1) is 0 Å². The molecule has 0 spiro atoms. The molecule has 4 rings (SSSR count). The van der Waals surface area contributed by atoms with Crippen molar-refractivity contribution in [1.82, 2.24) is 9.13 Å². The average molecular weight is 449 g/mol. The van der Waals surface area contributed by atoms with Crippen LogP contribution in [0.2, 0.25) is 0 Å². The highest BCUT2D eigenvalue weighted by Gasteiger charge is 2.22. The summed E-state index contributed by atoms with van der Waals surface area (Å²) in [6, 6.07) is 16.6. The minimum absolute atomic E-state index is 0.114. The lowest BCUT2D eigenvalue weighted by Gasteiger charge is -2.13. The third-order valence-corrected chi connectivity index (χ3v) is 5.10. The van der Waals surface area contributed by atoms with Crippen LogP contribution in [-0.2, 0) is 16.1 Å². The first-order valence-electron chi connectivity index (χ1n) is 10.5. The Kier molecular flexibility index (Phi) is 6.17. The molecular weight excluding hydrogens is 425 g/mol. The van der Waals surface area contributed by atoms with Gasteiger partial charge < -0.3 is 23.9 Å². The van der Waals surface area contributed by atoms with Crippen LogP contribution in [0.1, 0.15) is 24.3 Å². The minimum atomic E-state index is -0.531. The third-order valence-electron chi connectivity index (χ3n) is 5.10. The largest absolute Gasteiger partial charge is 0.495 e. The normalized spacial score (nSPS) is 11.1. The molecule has 0 aliphatic carbocycles. The number of esters is 1. The van der Waals surface area contributed by atoms with E-state index in [9.17, 15) is 14.0 Å². The van der Waals surface area contributed by atoms with E-state index in [4.69, 9.17) is 9.47 Å². The van der Waals surface area contributed by atoms with Crippen molar-refractivity contribution in [2.24, 2.45) is 0 Å². The Hall–Kier alpha value is -4.07. The van der Waals surface area contributed by atoms with E-state index >= 15 is 0 Å². The highest BCUT2D eigenvalue weighted by atomic mass is 19.1. The molecule has 0 unspecified atom stereocenters. The first kappa shape index (κ1) is 22.1. The molecule has 0 radical (unpaired) electrons. The maximum absolute atomic E-state index is 13.4. The molecule has 8 heteroatoms. The Bertz CT molecular complexity index is 1310. The Labute approximate surface area is 190 Å². The molecule has 170 valence electrons. The van der Waals surface area contributed by atoms with Crippen LogP contribution in [0.5, 0.6) is 5.75 Å². The van der Waals surface area contributed by atoms with Gasteiger partial charge in [-0.3, -0.25) is 4.79 Å². The number of nitrogens with zero attached hydrogens (tertiary/aromatic N) is 2. The summed E-state index contributed by atoms with van der Waals surface area (Å²) >= 11 is 0. The number of fused-ring (bicyclic) bond motifs is 1. The van der Waals surface area contributed by atoms with Gasteiger partial charge in [0, 0.05) is 11.9 Å². The fourth-order valence-corrected chi connectivity index (χ4v) is 3.67. The van der Waals surface area contributed by atoms with Crippen molar-refractivity contribution in [3.8, 4) is 11.4 Å². The fraction of sp³-hybridized carbons (Fsp3) is 0.200. The topological polar surface area (TPSA) is 74.5 Å². The van der Waals surface area contributed by atoms with Crippen LogP contribution >= 0.6 is 0 Å². The number of hydrogen-bond donors (Lipinski definition) is 1. The van der Waals surface area contributed by atoms with Crippen LogP contribution < -0.4 is 10.1 Å². The number of benzene rings is 2. The van der Waals surface area contributed by atoms with Gasteiger partial charge in [0.05, 0.1) is 29.9 Å². The van der Waals surface area contributed by atoms with Gasteiger partial charge in [-0.1, -0.05) is 12.1 Å². The molecule has 7 nitrogen and oxygen atoms in total. The summed E-state index contributed by atoms with van der Waals surface area (Å²) in [6.45, 7) is 3.41. The number of nitrogens with one attached hydrogen (secondary N) is 1. The smallest absolute Gasteiger partial charge is 0.355 e. The molecule has 2 aromatic heterocycles. The van der Waals surface area contributed by atoms with E-state index in [1.165, 1.54) is 19.2 Å². The zero-order chi connectivity index (χ0) is 23.5. The van der Waals surface area contributed by atoms with Gasteiger partial charge in [-0.2, -0.15) is 0 Å². The quantitative estimate of drug-likeness (QED) is 0.412. The van der Waals surface area contributed by atoms with Crippen LogP contribution in [0.4, 0.5) is 10.1 Å². The van der Waals surface area contributed by atoms with Crippen LogP contribution in [0.25, 0.3) is 16.7 Å². The van der Waals surface area contributed by atoms with E-state index in [2.05, 4.69) is 5.32 Å². The van der Waals surface area contributed by atoms with E-state index < -0.39 is 5.97 Å². The van der Waals surface area contributed by atoms with Crippen molar-refractivity contribution in [2.75, 3.05) is 12.4 Å². The molecule has 0 bridgehead atoms. The van der Waals surface area contributed by atoms with E-state index in [-0.39, 0.29) is 30.1 Å². The molecule has 1 amide bonds. The summed E-state index contributed by atoms with van der Waals surface area (Å²) in [6.07, 6.45) is 1.49. The lowest BCUT2D eigenvalue weighted by Crippen LogP contribution is -2.23. The number of rotatable bonds is 7. The van der Waals surface area contributed by atoms with E-state index in [0.717, 1.165) is 5.69 Å². The summed E-state index contributed by atoms with van der Waals surface area (Å²) in [5, 5.41) is 2.83. The zero-order valence-electron chi connectivity index (χ0n) is 18.5. The van der Waals surface area contributed by atoms with Crippen LogP contribution in [0.15, 0.2) is 66.9 Å². The van der Waals surface area contributed by atoms with Gasteiger partial charge in [0.1, 0.15) is 23.8 Å². The number of hydrogen-bond acceptors (Lipinski definition) is 4. The molecule has 0 atom stereocenters. The van der Waals surface area contributed by atoms with Crippen molar-refractivity contribution in [3.63, 3.8) is 0 Å². The summed E-state index contributed by atoms with van der Waals surface area (Å²) in [5.74, 6) is -0.665. The van der Waals surface area contributed by atoms with Crippen LogP contribution in [0.3, 0.4) is 0 Å². The lowest BCUT2D eigenvalue weighted by molar-refractivity contribution is -0.116. The number of carbonyl (C=O) groups is 2. The van der Waals surface area contributed by atoms with Crippen LogP contribution in [-0.4, -0.2) is 34.2 Å². The first-order chi connectivity index (χ1) is 15.9. The number of methoxy groups -OCH3 is 1. The van der Waals surface area contributed by atoms with Crippen molar-refractivity contribution in [3.05, 3.63) is 78.4 Å². The lowest BCUT2D eigenvalue weighted by atomic mass is 10.3. The summed E-state index contributed by atoms with van der Waals surface area (Å²) in [4.78, 5) is 25.7. The molecule has 33 heavy (non-hydrogen) atoms. The van der Waals surface area contributed by atoms with Gasteiger partial charge in [-0.25, -0.2) is 9.18 Å². The van der Waals surface area contributed by atoms with Crippen molar-refractivity contribution in [2.45, 2.75) is 26.5 Å². The van der Waals surface area contributed by atoms with Crippen molar-refractivity contribution < 1.29 is 23.5 Å². The number of amides is 1. The maximum Gasteiger partial charge on any atom is 0.355 e. The highest BCUT2D eigenvalue weighted by molar-refractivity contribution is 5.98. The second-order valence-corrected chi connectivity index (χ2v) is 7.75. The van der Waals surface area contributed by atoms with Gasteiger partial charge in [0.2, 0.25) is 5.91 Å². The Balaban J connectivity index is 1.72. The van der Waals surface area contributed by atoms with Gasteiger partial charge in [0.25, 0.3) is 0 Å². The molecule has 0 saturated heterocycles. The summed E-state index contributed by atoms with van der Waals surface area (Å²) < 4.78 is 27.5. The number of anilines is 1. The van der Waals surface area contributed by atoms with Crippen LogP contribution in [0, 0.1) is 5.82 Å². The van der Waals surface area contributed by atoms with E-state index in [1.807, 2.05) is 16.8 Å². The van der Waals surface area contributed by atoms with Gasteiger partial charge in [0.15, 0.2) is 0 Å². The van der Waals surface area contributed by atoms with E-state index in [1.54, 1.807) is 60.9 Å². The number of carbonyl (C=O) groups excluding carboxylic acids is 2. The molecule has 0 fully saturated rings. The van der Waals surface area contributed by atoms with Crippen molar-refractivity contribution in [1.29, 1.82) is 0 Å². The minimum Gasteiger partial charge on any atom is -0.495 e. The third kappa shape index (κ3) is 4.59. The molecule has 1 N–H and O–H groups in total. The number of halogens is 1. The Morgan fingerprint density at radius 1 is 1.03 bits per heavy atom. The summed E-state index contributed by atoms with van der Waals surface area (Å²) in [7, 11) is 1.53. The number of ether oxygens (including phenoxy) is 2. The fourth-order valence-electron chi connectivity index (χ4n) is 3.67. The monoisotopic (exact) mass is 449 g/mol. The second-order valence-electron chi connectivity index (χ2n) is 7.75.